The van der Waals surface area contributed by atoms with Crippen molar-refractivity contribution in [3.63, 3.8) is 0 Å². The van der Waals surface area contributed by atoms with Crippen molar-refractivity contribution >= 4 is 28.4 Å². The molecule has 0 aliphatic carbocycles. The number of H-pyrrole nitrogens is 1. The lowest BCUT2D eigenvalue weighted by atomic mass is 10.1. The normalized spacial score (nSPS) is 10.8. The molecule has 0 bridgehead atoms. The third-order valence-corrected chi connectivity index (χ3v) is 4.47. The lowest BCUT2D eigenvalue weighted by Crippen LogP contribution is -2.36. The zero-order chi connectivity index (χ0) is 20.2. The predicted octanol–water partition coefficient (Wildman–Crippen LogP) is 1.66. The van der Waals surface area contributed by atoms with E-state index in [2.05, 4.69) is 31.0 Å². The number of fused-ring (bicyclic) bond motifs is 1. The van der Waals surface area contributed by atoms with Gasteiger partial charge in [-0.05, 0) is 47.5 Å². The number of amides is 2. The zero-order valence-corrected chi connectivity index (χ0v) is 15.7. The molecule has 9 nitrogen and oxygen atoms in total. The first-order valence-electron chi connectivity index (χ1n) is 9.09. The first-order chi connectivity index (χ1) is 14.1. The van der Waals surface area contributed by atoms with Crippen LogP contribution in [0.5, 0.6) is 0 Å². The number of aromatic nitrogens is 5. The molecule has 0 saturated heterocycles. The van der Waals surface area contributed by atoms with Crippen LogP contribution in [0.2, 0.25) is 0 Å². The van der Waals surface area contributed by atoms with Gasteiger partial charge in [0.15, 0.2) is 0 Å². The van der Waals surface area contributed by atoms with Crippen LogP contribution >= 0.6 is 0 Å². The number of carbonyl (C=O) groups is 2. The minimum absolute atomic E-state index is 0.366. The van der Waals surface area contributed by atoms with Gasteiger partial charge in [-0.2, -0.15) is 4.80 Å². The summed E-state index contributed by atoms with van der Waals surface area (Å²) in [5.74, 6) is -0.904. The van der Waals surface area contributed by atoms with Gasteiger partial charge in [-0.15, -0.1) is 10.2 Å². The van der Waals surface area contributed by atoms with Gasteiger partial charge in [0.1, 0.15) is 0 Å². The SMILES string of the molecule is Cn1nnc(-c2ccc(NC(=O)C(=O)NCCc3c[nH]c4ccccc34)cc2)n1. The van der Waals surface area contributed by atoms with Crippen LogP contribution in [-0.2, 0) is 23.1 Å². The molecule has 2 amide bonds. The maximum absolute atomic E-state index is 12.1. The molecule has 0 fully saturated rings. The van der Waals surface area contributed by atoms with E-state index in [1.165, 1.54) is 4.80 Å². The van der Waals surface area contributed by atoms with Crippen molar-refractivity contribution in [1.29, 1.82) is 0 Å². The zero-order valence-electron chi connectivity index (χ0n) is 15.7. The van der Waals surface area contributed by atoms with E-state index in [0.29, 0.717) is 24.5 Å². The van der Waals surface area contributed by atoms with Crippen molar-refractivity contribution in [3.05, 3.63) is 60.3 Å². The molecule has 0 unspecified atom stereocenters. The van der Waals surface area contributed by atoms with Crippen LogP contribution < -0.4 is 10.6 Å². The highest BCUT2D eigenvalue weighted by molar-refractivity contribution is 6.39. The van der Waals surface area contributed by atoms with Crippen LogP contribution in [0.15, 0.2) is 54.7 Å². The Morgan fingerprint density at radius 3 is 2.62 bits per heavy atom. The molecule has 0 aliphatic heterocycles. The molecule has 9 heteroatoms. The second-order valence-corrected chi connectivity index (χ2v) is 6.50. The van der Waals surface area contributed by atoms with Crippen molar-refractivity contribution in [2.75, 3.05) is 11.9 Å². The molecule has 0 atom stereocenters. The Kier molecular flexibility index (Phi) is 5.02. The van der Waals surface area contributed by atoms with Gasteiger partial charge in [0.05, 0.1) is 7.05 Å². The van der Waals surface area contributed by atoms with Crippen LogP contribution in [0.3, 0.4) is 0 Å². The summed E-state index contributed by atoms with van der Waals surface area (Å²) in [6, 6.07) is 14.8. The molecule has 29 heavy (non-hydrogen) atoms. The van der Waals surface area contributed by atoms with E-state index >= 15 is 0 Å². The van der Waals surface area contributed by atoms with E-state index in [-0.39, 0.29) is 0 Å². The second-order valence-electron chi connectivity index (χ2n) is 6.50. The van der Waals surface area contributed by atoms with Gasteiger partial charge in [-0.3, -0.25) is 9.59 Å². The third kappa shape index (κ3) is 4.13. The summed E-state index contributed by atoms with van der Waals surface area (Å²) >= 11 is 0. The second kappa shape index (κ2) is 7.93. The number of nitrogens with zero attached hydrogens (tertiary/aromatic N) is 4. The fourth-order valence-corrected chi connectivity index (χ4v) is 3.02. The number of anilines is 1. The van der Waals surface area contributed by atoms with Crippen LogP contribution in [0.25, 0.3) is 22.3 Å². The van der Waals surface area contributed by atoms with Crippen LogP contribution in [0, 0.1) is 0 Å². The van der Waals surface area contributed by atoms with E-state index in [1.807, 2.05) is 30.5 Å². The van der Waals surface area contributed by atoms with E-state index in [1.54, 1.807) is 31.3 Å². The van der Waals surface area contributed by atoms with Gasteiger partial charge in [0.25, 0.3) is 0 Å². The maximum Gasteiger partial charge on any atom is 0.313 e. The molecule has 4 rings (SSSR count). The van der Waals surface area contributed by atoms with Crippen LogP contribution in [-0.4, -0.2) is 43.6 Å². The number of aromatic amines is 1. The number of aryl methyl sites for hydroxylation is 1. The number of benzene rings is 2. The molecule has 0 spiro atoms. The minimum atomic E-state index is -0.714. The Bertz CT molecular complexity index is 1160. The molecule has 0 saturated carbocycles. The highest BCUT2D eigenvalue weighted by Gasteiger charge is 2.14. The number of hydrogen-bond acceptors (Lipinski definition) is 5. The van der Waals surface area contributed by atoms with Crippen LogP contribution in [0.4, 0.5) is 5.69 Å². The summed E-state index contributed by atoms with van der Waals surface area (Å²) in [5.41, 5.74) is 3.41. The highest BCUT2D eigenvalue weighted by Crippen LogP contribution is 2.18. The summed E-state index contributed by atoms with van der Waals surface area (Å²) in [6.07, 6.45) is 2.55. The highest BCUT2D eigenvalue weighted by atomic mass is 16.2. The van der Waals surface area contributed by atoms with Gasteiger partial charge in [-0.25, -0.2) is 0 Å². The van der Waals surface area contributed by atoms with E-state index in [9.17, 15) is 9.59 Å². The van der Waals surface area contributed by atoms with E-state index < -0.39 is 11.8 Å². The van der Waals surface area contributed by atoms with Gasteiger partial charge < -0.3 is 15.6 Å². The van der Waals surface area contributed by atoms with Gasteiger partial charge in [-0.1, -0.05) is 18.2 Å². The fraction of sp³-hybridized carbons (Fsp3) is 0.150. The topological polar surface area (TPSA) is 118 Å². The fourth-order valence-electron chi connectivity index (χ4n) is 3.02. The first kappa shape index (κ1) is 18.4. The summed E-state index contributed by atoms with van der Waals surface area (Å²) in [7, 11) is 1.68. The van der Waals surface area contributed by atoms with Crippen LogP contribution in [0.1, 0.15) is 5.56 Å². The minimum Gasteiger partial charge on any atom is -0.361 e. The molecular weight excluding hydrogens is 370 g/mol. The van der Waals surface area contributed by atoms with E-state index in [4.69, 9.17) is 0 Å². The average molecular weight is 389 g/mol. The largest absolute Gasteiger partial charge is 0.361 e. The van der Waals surface area contributed by atoms with Crippen molar-refractivity contribution in [1.82, 2.24) is 30.5 Å². The monoisotopic (exact) mass is 389 g/mol. The summed E-state index contributed by atoms with van der Waals surface area (Å²) in [5, 5.41) is 18.2. The van der Waals surface area contributed by atoms with E-state index in [0.717, 1.165) is 22.0 Å². The number of rotatable bonds is 5. The Morgan fingerprint density at radius 1 is 1.07 bits per heavy atom. The average Bonchev–Trinajstić information content (AvgIpc) is 3.35. The molecule has 0 aliphatic rings. The Hall–Kier alpha value is -4.01. The van der Waals surface area contributed by atoms with Crippen molar-refractivity contribution in [3.8, 4) is 11.4 Å². The molecule has 0 radical (unpaired) electrons. The quantitative estimate of drug-likeness (QED) is 0.449. The number of nitrogens with one attached hydrogen (secondary N) is 3. The number of hydrogen-bond donors (Lipinski definition) is 3. The molecule has 2 heterocycles. The molecule has 3 N–H and O–H groups in total. The van der Waals surface area contributed by atoms with Crippen molar-refractivity contribution < 1.29 is 9.59 Å². The third-order valence-electron chi connectivity index (χ3n) is 4.47. The lowest BCUT2D eigenvalue weighted by Gasteiger charge is -2.07. The molecular formula is C20H19N7O2. The van der Waals surface area contributed by atoms with Crippen molar-refractivity contribution in [2.45, 2.75) is 6.42 Å². The number of carbonyl (C=O) groups excluding carboxylic acids is 2. The predicted molar refractivity (Wildman–Crippen MR) is 108 cm³/mol. The molecule has 4 aromatic rings. The number of tetrazole rings is 1. The Morgan fingerprint density at radius 2 is 1.86 bits per heavy atom. The summed E-state index contributed by atoms with van der Waals surface area (Å²) < 4.78 is 0. The molecule has 146 valence electrons. The standard InChI is InChI=1S/C20H19N7O2/c1-27-25-18(24-26-27)13-6-8-15(9-7-13)23-20(29)19(28)21-11-10-14-12-22-17-5-3-2-4-16(14)17/h2-9,12,22H,10-11H2,1H3,(H,21,28)(H,23,29). The van der Waals surface area contributed by atoms with Gasteiger partial charge in [0.2, 0.25) is 5.82 Å². The Balaban J connectivity index is 1.29. The number of para-hydroxylation sites is 1. The molecule has 2 aromatic heterocycles. The van der Waals surface area contributed by atoms with Crippen molar-refractivity contribution in [2.24, 2.45) is 7.05 Å². The summed E-state index contributed by atoms with van der Waals surface area (Å²) in [4.78, 5) is 28.7. The smallest absolute Gasteiger partial charge is 0.313 e. The maximum atomic E-state index is 12.1. The Labute approximate surface area is 166 Å². The first-order valence-corrected chi connectivity index (χ1v) is 9.09. The lowest BCUT2D eigenvalue weighted by molar-refractivity contribution is -0.136. The van der Waals surface area contributed by atoms with Gasteiger partial charge >= 0.3 is 11.8 Å². The molecule has 2 aromatic carbocycles. The van der Waals surface area contributed by atoms with Gasteiger partial charge in [0, 0.05) is 34.9 Å². The summed E-state index contributed by atoms with van der Waals surface area (Å²) in [6.45, 7) is 0.366.